The lowest BCUT2D eigenvalue weighted by Crippen LogP contribution is -2.32. The molecule has 0 aliphatic carbocycles. The Bertz CT molecular complexity index is 920. The summed E-state index contributed by atoms with van der Waals surface area (Å²) in [7, 11) is -2.44. The zero-order chi connectivity index (χ0) is 19.4. The van der Waals surface area contributed by atoms with Crippen LogP contribution in [0, 0.1) is 0 Å². The Morgan fingerprint density at radius 2 is 1.89 bits per heavy atom. The Balaban J connectivity index is 1.81. The van der Waals surface area contributed by atoms with Crippen LogP contribution in [0.3, 0.4) is 0 Å². The van der Waals surface area contributed by atoms with Crippen LogP contribution in [-0.4, -0.2) is 43.6 Å². The molecule has 2 heterocycles. The molecule has 1 N–H and O–H groups in total. The highest BCUT2D eigenvalue weighted by atomic mass is 35.5. The summed E-state index contributed by atoms with van der Waals surface area (Å²) in [6, 6.07) is 4.38. The highest BCUT2D eigenvalue weighted by molar-refractivity contribution is 7.89. The van der Waals surface area contributed by atoms with E-state index in [1.807, 2.05) is 4.90 Å². The number of aromatic nitrogens is 3. The van der Waals surface area contributed by atoms with Gasteiger partial charge < -0.3 is 9.64 Å². The van der Waals surface area contributed by atoms with E-state index in [2.05, 4.69) is 19.7 Å². The minimum absolute atomic E-state index is 0.0779. The molecule has 0 spiro atoms. The zero-order valence-electron chi connectivity index (χ0n) is 14.7. The molecule has 8 nitrogen and oxygen atoms in total. The molecule has 1 aromatic heterocycles. The van der Waals surface area contributed by atoms with Gasteiger partial charge in [0.05, 0.1) is 18.7 Å². The highest BCUT2D eigenvalue weighted by Gasteiger charge is 2.21. The molecule has 0 amide bonds. The molecule has 2 aromatic rings. The van der Waals surface area contributed by atoms with Gasteiger partial charge in [-0.25, -0.2) is 13.1 Å². The van der Waals surface area contributed by atoms with Crippen LogP contribution in [0.2, 0.25) is 10.0 Å². The summed E-state index contributed by atoms with van der Waals surface area (Å²) in [4.78, 5) is 14.7. The maximum atomic E-state index is 12.6. The Hall–Kier alpha value is -1.68. The predicted molar refractivity (Wildman–Crippen MR) is 103 cm³/mol. The van der Waals surface area contributed by atoms with Gasteiger partial charge in [0.25, 0.3) is 0 Å². The molecule has 0 bridgehead atoms. The quantitative estimate of drug-likeness (QED) is 0.750. The number of methoxy groups -OCH3 is 1. The molecule has 0 atom stereocenters. The molecule has 11 heteroatoms. The SMILES string of the molecule is COc1nc(CNS(=O)(=O)c2cc(Cl)ccc2Cl)nc(N2CCCCC2)n1. The Morgan fingerprint density at radius 3 is 2.59 bits per heavy atom. The van der Waals surface area contributed by atoms with Crippen LogP contribution in [0.5, 0.6) is 6.01 Å². The van der Waals surface area contributed by atoms with Crippen LogP contribution in [0.1, 0.15) is 25.1 Å². The van der Waals surface area contributed by atoms with Crippen LogP contribution in [-0.2, 0) is 16.6 Å². The predicted octanol–water partition coefficient (Wildman–Crippen LogP) is 2.66. The second-order valence-corrected chi connectivity index (χ2v) is 8.56. The molecular formula is C16H19Cl2N5O3S. The summed E-state index contributed by atoms with van der Waals surface area (Å²) in [5, 5.41) is 0.350. The number of hydrogen-bond donors (Lipinski definition) is 1. The standard InChI is InChI=1S/C16H19Cl2N5O3S/c1-26-16-21-14(20-15(22-16)23-7-3-2-4-8-23)10-19-27(24,25)13-9-11(17)5-6-12(13)18/h5-6,9,19H,2-4,7-8,10H2,1H3. The third-order valence-corrected chi connectivity index (χ3v) is 6.19. The van der Waals surface area contributed by atoms with Gasteiger partial charge in [-0.15, -0.1) is 0 Å². The molecule has 0 saturated carbocycles. The lowest BCUT2D eigenvalue weighted by molar-refractivity contribution is 0.374. The number of rotatable bonds is 6. The first kappa shape index (κ1) is 20.1. The van der Waals surface area contributed by atoms with E-state index in [0.717, 1.165) is 25.9 Å². The van der Waals surface area contributed by atoms with Crippen LogP contribution < -0.4 is 14.4 Å². The van der Waals surface area contributed by atoms with Gasteiger partial charge in [0.1, 0.15) is 4.90 Å². The fraction of sp³-hybridized carbons (Fsp3) is 0.438. The van der Waals surface area contributed by atoms with E-state index in [1.54, 1.807) is 0 Å². The first-order chi connectivity index (χ1) is 12.9. The van der Waals surface area contributed by atoms with E-state index in [0.29, 0.717) is 5.95 Å². The molecule has 0 unspecified atom stereocenters. The van der Waals surface area contributed by atoms with Gasteiger partial charge in [-0.1, -0.05) is 23.2 Å². The summed E-state index contributed by atoms with van der Waals surface area (Å²) in [5.41, 5.74) is 0. The number of ether oxygens (including phenoxy) is 1. The summed E-state index contributed by atoms with van der Waals surface area (Å²) < 4.78 is 32.7. The fourth-order valence-electron chi connectivity index (χ4n) is 2.71. The smallest absolute Gasteiger partial charge is 0.321 e. The molecule has 3 rings (SSSR count). The molecule has 0 radical (unpaired) electrons. The largest absolute Gasteiger partial charge is 0.467 e. The normalized spacial score (nSPS) is 15.0. The van der Waals surface area contributed by atoms with E-state index in [9.17, 15) is 8.42 Å². The number of nitrogens with one attached hydrogen (secondary N) is 1. The van der Waals surface area contributed by atoms with E-state index >= 15 is 0 Å². The lowest BCUT2D eigenvalue weighted by Gasteiger charge is -2.26. The van der Waals surface area contributed by atoms with Crippen LogP contribution >= 0.6 is 23.2 Å². The van der Waals surface area contributed by atoms with Crippen molar-refractivity contribution in [1.82, 2.24) is 19.7 Å². The van der Waals surface area contributed by atoms with Gasteiger partial charge in [-0.2, -0.15) is 15.0 Å². The van der Waals surface area contributed by atoms with Crippen molar-refractivity contribution in [2.75, 3.05) is 25.1 Å². The first-order valence-corrected chi connectivity index (χ1v) is 10.6. The van der Waals surface area contributed by atoms with E-state index < -0.39 is 10.0 Å². The number of hydrogen-bond acceptors (Lipinski definition) is 7. The van der Waals surface area contributed by atoms with Gasteiger partial charge in [0.2, 0.25) is 16.0 Å². The van der Waals surface area contributed by atoms with Gasteiger partial charge >= 0.3 is 6.01 Å². The summed E-state index contributed by atoms with van der Waals surface area (Å²) >= 11 is 11.9. The number of benzene rings is 1. The molecular weight excluding hydrogens is 413 g/mol. The third kappa shape index (κ3) is 4.98. The van der Waals surface area contributed by atoms with Gasteiger partial charge in [0.15, 0.2) is 5.82 Å². The number of piperidine rings is 1. The maximum absolute atomic E-state index is 12.6. The van der Waals surface area contributed by atoms with Gasteiger partial charge in [-0.05, 0) is 37.5 Å². The second kappa shape index (κ2) is 8.55. The summed E-state index contributed by atoms with van der Waals surface area (Å²) in [6.45, 7) is 1.55. The third-order valence-electron chi connectivity index (χ3n) is 4.07. The summed E-state index contributed by atoms with van der Waals surface area (Å²) in [5.74, 6) is 0.737. The molecule has 27 heavy (non-hydrogen) atoms. The van der Waals surface area contributed by atoms with E-state index in [4.69, 9.17) is 27.9 Å². The van der Waals surface area contributed by atoms with Crippen LogP contribution in [0.25, 0.3) is 0 Å². The van der Waals surface area contributed by atoms with Crippen LogP contribution in [0.15, 0.2) is 23.1 Å². The Kier molecular flexibility index (Phi) is 6.36. The van der Waals surface area contributed by atoms with Crippen molar-refractivity contribution in [3.8, 4) is 6.01 Å². The van der Waals surface area contributed by atoms with Crippen molar-refractivity contribution in [2.24, 2.45) is 0 Å². The van der Waals surface area contributed by atoms with E-state index in [-0.39, 0.29) is 33.3 Å². The van der Waals surface area contributed by atoms with Gasteiger partial charge in [-0.3, -0.25) is 0 Å². The minimum atomic E-state index is -3.89. The maximum Gasteiger partial charge on any atom is 0.321 e. The van der Waals surface area contributed by atoms with Crippen LogP contribution in [0.4, 0.5) is 5.95 Å². The molecule has 146 valence electrons. The number of sulfonamides is 1. The molecule has 1 fully saturated rings. The topological polar surface area (TPSA) is 97.3 Å². The second-order valence-electron chi connectivity index (χ2n) is 5.99. The van der Waals surface area contributed by atoms with Crippen molar-refractivity contribution < 1.29 is 13.2 Å². The molecule has 1 aromatic carbocycles. The minimum Gasteiger partial charge on any atom is -0.467 e. The Morgan fingerprint density at radius 1 is 1.15 bits per heavy atom. The van der Waals surface area contributed by atoms with Gasteiger partial charge in [0, 0.05) is 18.1 Å². The monoisotopic (exact) mass is 431 g/mol. The highest BCUT2D eigenvalue weighted by Crippen LogP contribution is 2.25. The zero-order valence-corrected chi connectivity index (χ0v) is 17.0. The van der Waals surface area contributed by atoms with Crippen molar-refractivity contribution in [3.05, 3.63) is 34.1 Å². The molecule has 1 saturated heterocycles. The van der Waals surface area contributed by atoms with E-state index in [1.165, 1.54) is 31.7 Å². The van der Waals surface area contributed by atoms with Crippen molar-refractivity contribution >= 4 is 39.2 Å². The average molecular weight is 432 g/mol. The molecule has 1 aliphatic heterocycles. The van der Waals surface area contributed by atoms with Crippen molar-refractivity contribution in [3.63, 3.8) is 0 Å². The number of nitrogens with zero attached hydrogens (tertiary/aromatic N) is 4. The summed E-state index contributed by atoms with van der Waals surface area (Å²) in [6.07, 6.45) is 3.29. The lowest BCUT2D eigenvalue weighted by atomic mass is 10.1. The Labute approximate surface area is 167 Å². The fourth-order valence-corrected chi connectivity index (χ4v) is 4.45. The number of halogens is 2. The van der Waals surface area contributed by atoms with Crippen molar-refractivity contribution in [2.45, 2.75) is 30.7 Å². The number of anilines is 1. The average Bonchev–Trinajstić information content (AvgIpc) is 2.68. The molecule has 1 aliphatic rings. The van der Waals surface area contributed by atoms with Crippen molar-refractivity contribution in [1.29, 1.82) is 0 Å². The first-order valence-electron chi connectivity index (χ1n) is 8.37.